The molecule has 20 rings (SSSR count). The van der Waals surface area contributed by atoms with Crippen LogP contribution in [0.1, 0.15) is 74.9 Å². The van der Waals surface area contributed by atoms with Crippen LogP contribution in [0.25, 0.3) is 161 Å². The Kier molecular flexibility index (Phi) is 10.7. The van der Waals surface area contributed by atoms with Crippen molar-refractivity contribution in [2.75, 3.05) is 0 Å². The first kappa shape index (κ1) is 53.3. The van der Waals surface area contributed by atoms with Crippen molar-refractivity contribution in [3.8, 4) is 84.2 Å². The van der Waals surface area contributed by atoms with Gasteiger partial charge in [-0.1, -0.05) is 211 Å². The first-order valence-corrected chi connectivity index (χ1v) is 33.0. The van der Waals surface area contributed by atoms with E-state index in [0.717, 1.165) is 55.9 Å². The maximum atomic E-state index is 5.77. The molecule has 5 heteroatoms. The van der Waals surface area contributed by atoms with Crippen LogP contribution in [0.5, 0.6) is 0 Å². The molecule has 0 fully saturated rings. The van der Waals surface area contributed by atoms with Gasteiger partial charge in [-0.3, -0.25) is 0 Å². The lowest BCUT2D eigenvalue weighted by Crippen LogP contribution is -2.14. The Balaban J connectivity index is 0.755. The quantitative estimate of drug-likeness (QED) is 0.166. The van der Waals surface area contributed by atoms with Gasteiger partial charge in [0.05, 0.1) is 44.3 Å². The Labute approximate surface area is 545 Å². The number of hydrogen-bond donors (Lipinski definition) is 0. The summed E-state index contributed by atoms with van der Waals surface area (Å²) in [5.41, 5.74) is 32.1. The molecule has 17 aromatic rings. The molecule has 94 heavy (non-hydrogen) atoms. The lowest BCUT2D eigenvalue weighted by molar-refractivity contribution is 0.661. The smallest absolute Gasteiger partial charge is 0.160 e. The van der Waals surface area contributed by atoms with Gasteiger partial charge in [-0.15, -0.1) is 0 Å². The van der Waals surface area contributed by atoms with E-state index < -0.39 is 0 Å². The second kappa shape index (κ2) is 18.9. The summed E-state index contributed by atoms with van der Waals surface area (Å²) in [5.74, 6) is 0.670. The van der Waals surface area contributed by atoms with E-state index in [1.165, 1.54) is 132 Å². The minimum atomic E-state index is -0.157. The Bertz CT molecular complexity index is 6200. The maximum absolute atomic E-state index is 5.77. The first-order chi connectivity index (χ1) is 45.9. The normalized spacial score (nSPS) is 14.5. The molecule has 0 spiro atoms. The Hall–Kier alpha value is -11.4. The third kappa shape index (κ3) is 7.24. The van der Waals surface area contributed by atoms with Crippen molar-refractivity contribution in [2.24, 2.45) is 0 Å². The Morgan fingerprint density at radius 3 is 1.10 bits per heavy atom. The summed E-state index contributed by atoms with van der Waals surface area (Å²) in [6.07, 6.45) is 0. The summed E-state index contributed by atoms with van der Waals surface area (Å²) in [6, 6.07) is 102. The third-order valence-corrected chi connectivity index (χ3v) is 22.0. The number of rotatable bonds is 6. The third-order valence-electron chi connectivity index (χ3n) is 22.0. The lowest BCUT2D eigenvalue weighted by atomic mass is 9.82. The van der Waals surface area contributed by atoms with Gasteiger partial charge in [-0.2, -0.15) is 0 Å². The molecule has 4 heterocycles. The van der Waals surface area contributed by atoms with Crippen LogP contribution in [0.2, 0.25) is 0 Å². The minimum Gasteiger partial charge on any atom is -0.309 e. The molecule has 0 N–H and O–H groups in total. The van der Waals surface area contributed by atoms with Crippen molar-refractivity contribution in [1.29, 1.82) is 0 Å². The monoisotopic (exact) mass is 1200 g/mol. The number of para-hydroxylation sites is 3. The summed E-state index contributed by atoms with van der Waals surface area (Å²) in [4.78, 5) is 11.3. The van der Waals surface area contributed by atoms with Crippen LogP contribution >= 0.6 is 0 Å². The summed E-state index contributed by atoms with van der Waals surface area (Å²) in [7, 11) is 0. The van der Waals surface area contributed by atoms with Crippen molar-refractivity contribution in [1.82, 2.24) is 23.7 Å². The van der Waals surface area contributed by atoms with Gasteiger partial charge in [-0.25, -0.2) is 9.97 Å². The van der Waals surface area contributed by atoms with E-state index in [4.69, 9.17) is 9.97 Å². The van der Waals surface area contributed by atoms with Gasteiger partial charge in [0.15, 0.2) is 5.82 Å². The highest BCUT2D eigenvalue weighted by molar-refractivity contribution is 6.15. The molecule has 0 aliphatic heterocycles. The van der Waals surface area contributed by atoms with Crippen molar-refractivity contribution < 1.29 is 0 Å². The summed E-state index contributed by atoms with van der Waals surface area (Å²) >= 11 is 0. The molecular formula is C89H63N5. The Morgan fingerprint density at radius 1 is 0.234 bits per heavy atom. The van der Waals surface area contributed by atoms with E-state index in [1.54, 1.807) is 0 Å². The summed E-state index contributed by atoms with van der Waals surface area (Å²) in [6.45, 7) is 14.2. The zero-order valence-electron chi connectivity index (χ0n) is 53.2. The number of aromatic nitrogens is 5. The molecule has 4 aromatic heterocycles. The topological polar surface area (TPSA) is 40.6 Å². The predicted octanol–water partition coefficient (Wildman–Crippen LogP) is 22.8. The van der Waals surface area contributed by atoms with E-state index >= 15 is 0 Å². The zero-order chi connectivity index (χ0) is 62.7. The number of hydrogen-bond acceptors (Lipinski definition) is 2. The van der Waals surface area contributed by atoms with Crippen molar-refractivity contribution in [3.63, 3.8) is 0 Å². The van der Waals surface area contributed by atoms with E-state index in [1.807, 2.05) is 0 Å². The van der Waals surface area contributed by atoms with E-state index in [2.05, 4.69) is 328 Å². The highest BCUT2D eigenvalue weighted by Gasteiger charge is 2.39. The fourth-order valence-corrected chi connectivity index (χ4v) is 17.4. The van der Waals surface area contributed by atoms with Crippen molar-refractivity contribution >= 4 is 76.3 Å². The Morgan fingerprint density at radius 2 is 0.628 bits per heavy atom. The molecule has 444 valence electrons. The van der Waals surface area contributed by atoms with E-state index in [-0.39, 0.29) is 16.2 Å². The molecular weight excluding hydrogens is 1140 g/mol. The first-order valence-electron chi connectivity index (χ1n) is 33.0. The van der Waals surface area contributed by atoms with Gasteiger partial charge >= 0.3 is 0 Å². The largest absolute Gasteiger partial charge is 0.309 e. The van der Waals surface area contributed by atoms with E-state index in [9.17, 15) is 0 Å². The summed E-state index contributed by atoms with van der Waals surface area (Å²) in [5, 5.41) is 8.46. The van der Waals surface area contributed by atoms with Crippen molar-refractivity contribution in [2.45, 2.75) is 57.8 Å². The molecule has 13 aromatic carbocycles. The van der Waals surface area contributed by atoms with Crippen LogP contribution in [0.3, 0.4) is 0 Å². The molecule has 5 nitrogen and oxygen atoms in total. The van der Waals surface area contributed by atoms with Crippen molar-refractivity contribution in [3.05, 3.63) is 306 Å². The molecule has 3 aliphatic rings. The van der Waals surface area contributed by atoms with Gasteiger partial charge in [0.2, 0.25) is 0 Å². The van der Waals surface area contributed by atoms with Crippen LogP contribution in [0.15, 0.2) is 273 Å². The highest BCUT2D eigenvalue weighted by Crippen LogP contribution is 2.55. The standard InChI is InChI=1S/C89H63N5/c1-87(2)72-31-13-7-25-59(72)65-46-68-62-28-10-16-34-79(62)92(82(68)49-75(65)87)56-40-37-52(38-41-56)53-39-42-78-71(45-53)85(54-21-19-23-57(43-54)93-80-35-17-11-29-63(80)69-47-66-60-26-8-14-32-73(60)88(3,4)76(66)50-83(69)93)91-86(90-78)55-22-20-24-58(44-55)94-81-36-18-12-30-64(81)70-48-67-61-27-9-15-33-74(61)89(5,6)77(67)51-84(70)94/h7-51H,1-6H3. The molecule has 3 aliphatic carbocycles. The highest BCUT2D eigenvalue weighted by atomic mass is 15.0. The summed E-state index contributed by atoms with van der Waals surface area (Å²) < 4.78 is 7.38. The molecule has 0 saturated carbocycles. The second-order valence-corrected chi connectivity index (χ2v) is 28.1. The van der Waals surface area contributed by atoms with Crippen LogP contribution in [0, 0.1) is 0 Å². The molecule has 0 amide bonds. The number of nitrogens with zero attached hydrogens (tertiary/aromatic N) is 5. The van der Waals surface area contributed by atoms with Gasteiger partial charge in [0.1, 0.15) is 0 Å². The van der Waals surface area contributed by atoms with Crippen LogP contribution < -0.4 is 0 Å². The van der Waals surface area contributed by atoms with Gasteiger partial charge in [0.25, 0.3) is 0 Å². The SMILES string of the molecule is CC1(C)c2ccccc2-c2cc3c4ccccc4n(-c4ccc(-c5ccc6nc(-c7cccc(-n8c9ccccc9c9cc%10c(cc98)C(C)(C)c8ccccc8-%10)c7)nc(-c7cccc(-n8c9ccccc9c9cc%10c(cc98)C(C)(C)c8ccccc8-%10)c7)c6c5)cc4)c3cc21. The zero-order valence-corrected chi connectivity index (χ0v) is 53.2. The van der Waals surface area contributed by atoms with Gasteiger partial charge in [0, 0.05) is 82.1 Å². The van der Waals surface area contributed by atoms with E-state index in [0.29, 0.717) is 5.82 Å². The maximum Gasteiger partial charge on any atom is 0.160 e. The average Bonchev–Trinajstić information content (AvgIpc) is 1.56. The van der Waals surface area contributed by atoms with Gasteiger partial charge < -0.3 is 13.7 Å². The fourth-order valence-electron chi connectivity index (χ4n) is 17.4. The van der Waals surface area contributed by atoms with Gasteiger partial charge in [-0.05, 0) is 181 Å². The fraction of sp³-hybridized carbons (Fsp3) is 0.101. The molecule has 0 bridgehead atoms. The minimum absolute atomic E-state index is 0.119. The van der Waals surface area contributed by atoms with Crippen LogP contribution in [0.4, 0.5) is 0 Å². The number of fused-ring (bicyclic) bond motifs is 19. The molecule has 0 unspecified atom stereocenters. The molecule has 0 radical (unpaired) electrons. The molecule has 0 atom stereocenters. The average molecular weight is 1200 g/mol. The lowest BCUT2D eigenvalue weighted by Gasteiger charge is -2.21. The molecule has 0 saturated heterocycles. The second-order valence-electron chi connectivity index (χ2n) is 28.1. The van der Waals surface area contributed by atoms with Crippen LogP contribution in [-0.2, 0) is 16.2 Å². The number of benzene rings is 13. The van der Waals surface area contributed by atoms with Crippen LogP contribution in [-0.4, -0.2) is 23.7 Å². The predicted molar refractivity (Wildman–Crippen MR) is 392 cm³/mol.